The SMILES string of the molecule is CCCCCCCC(Cc1ccccc1)C(N)(C(=O)O)C1C=Cc2ccccc21. The van der Waals surface area contributed by atoms with Crippen molar-refractivity contribution in [2.75, 3.05) is 0 Å². The average Bonchev–Trinajstić information content (AvgIpc) is 3.17. The van der Waals surface area contributed by atoms with Crippen molar-refractivity contribution in [3.63, 3.8) is 0 Å². The van der Waals surface area contributed by atoms with Crippen molar-refractivity contribution in [1.82, 2.24) is 0 Å². The number of fused-ring (bicyclic) bond motifs is 1. The van der Waals surface area contributed by atoms with Crippen molar-refractivity contribution in [1.29, 1.82) is 0 Å². The Bertz CT molecular complexity index is 830. The number of carbonyl (C=O) groups is 1. The molecule has 0 bridgehead atoms. The van der Waals surface area contributed by atoms with E-state index in [9.17, 15) is 9.90 Å². The van der Waals surface area contributed by atoms with Gasteiger partial charge in [0, 0.05) is 5.92 Å². The molecule has 3 N–H and O–H groups in total. The molecular weight excluding hydrogens is 358 g/mol. The van der Waals surface area contributed by atoms with Crippen LogP contribution in [-0.2, 0) is 11.2 Å². The third-order valence-electron chi connectivity index (χ3n) is 6.34. The van der Waals surface area contributed by atoms with Crippen LogP contribution in [0.3, 0.4) is 0 Å². The molecule has 3 unspecified atom stereocenters. The van der Waals surface area contributed by atoms with E-state index in [1.165, 1.54) is 19.3 Å². The first-order valence-electron chi connectivity index (χ1n) is 10.9. The standard InChI is InChI=1S/C26H33NO2/c1-2-3-4-5-9-15-22(19-20-12-7-6-8-13-20)26(27,25(28)29)24-18-17-21-14-10-11-16-23(21)24/h6-8,10-14,16-18,22,24H,2-5,9,15,19,27H2,1H3,(H,28,29). The Labute approximate surface area is 174 Å². The molecule has 3 heteroatoms. The molecule has 0 saturated carbocycles. The Morgan fingerprint density at radius 1 is 1.03 bits per heavy atom. The van der Waals surface area contributed by atoms with Crippen molar-refractivity contribution in [2.45, 2.75) is 63.3 Å². The molecule has 154 valence electrons. The number of hydrogen-bond donors (Lipinski definition) is 2. The van der Waals surface area contributed by atoms with Crippen LogP contribution in [0.1, 0.15) is 68.1 Å². The zero-order chi connectivity index (χ0) is 20.7. The minimum absolute atomic E-state index is 0.134. The summed E-state index contributed by atoms with van der Waals surface area (Å²) < 4.78 is 0. The van der Waals surface area contributed by atoms with Gasteiger partial charge >= 0.3 is 5.97 Å². The second kappa shape index (κ2) is 9.89. The molecule has 3 nitrogen and oxygen atoms in total. The normalized spacial score (nSPS) is 18.2. The Kier molecular flexibility index (Phi) is 7.27. The summed E-state index contributed by atoms with van der Waals surface area (Å²) >= 11 is 0. The Morgan fingerprint density at radius 2 is 1.72 bits per heavy atom. The lowest BCUT2D eigenvalue weighted by molar-refractivity contribution is -0.146. The van der Waals surface area contributed by atoms with E-state index in [1.807, 2.05) is 54.6 Å². The molecule has 0 fully saturated rings. The van der Waals surface area contributed by atoms with E-state index in [1.54, 1.807) is 0 Å². The molecule has 1 aliphatic carbocycles. The fraction of sp³-hybridized carbons (Fsp3) is 0.423. The van der Waals surface area contributed by atoms with Gasteiger partial charge in [-0.3, -0.25) is 4.79 Å². The lowest BCUT2D eigenvalue weighted by Crippen LogP contribution is -2.58. The van der Waals surface area contributed by atoms with Gasteiger partial charge in [0.15, 0.2) is 0 Å². The molecule has 0 aliphatic heterocycles. The van der Waals surface area contributed by atoms with Gasteiger partial charge < -0.3 is 10.8 Å². The lowest BCUT2D eigenvalue weighted by atomic mass is 9.68. The molecule has 3 rings (SSSR count). The van der Waals surface area contributed by atoms with E-state index in [0.717, 1.165) is 36.0 Å². The van der Waals surface area contributed by atoms with Crippen molar-refractivity contribution in [3.05, 3.63) is 77.4 Å². The molecule has 3 atom stereocenters. The van der Waals surface area contributed by atoms with E-state index in [4.69, 9.17) is 5.73 Å². The molecule has 0 aromatic heterocycles. The second-order valence-electron chi connectivity index (χ2n) is 8.29. The number of benzene rings is 2. The summed E-state index contributed by atoms with van der Waals surface area (Å²) in [6.45, 7) is 2.21. The van der Waals surface area contributed by atoms with Crippen LogP contribution in [0.15, 0.2) is 60.7 Å². The van der Waals surface area contributed by atoms with Crippen LogP contribution in [0.5, 0.6) is 0 Å². The average molecular weight is 392 g/mol. The maximum atomic E-state index is 12.6. The van der Waals surface area contributed by atoms with Gasteiger partial charge in [-0.25, -0.2) is 0 Å². The highest BCUT2D eigenvalue weighted by Crippen LogP contribution is 2.43. The van der Waals surface area contributed by atoms with Gasteiger partial charge in [0.2, 0.25) is 0 Å². The maximum absolute atomic E-state index is 12.6. The van der Waals surface area contributed by atoms with E-state index in [-0.39, 0.29) is 11.8 Å². The van der Waals surface area contributed by atoms with Gasteiger partial charge in [0.05, 0.1) is 0 Å². The summed E-state index contributed by atoms with van der Waals surface area (Å²) in [6, 6.07) is 18.2. The number of hydrogen-bond acceptors (Lipinski definition) is 2. The smallest absolute Gasteiger partial charge is 0.324 e. The number of unbranched alkanes of at least 4 members (excludes halogenated alkanes) is 4. The van der Waals surface area contributed by atoms with Gasteiger partial charge in [0.25, 0.3) is 0 Å². The highest BCUT2D eigenvalue weighted by molar-refractivity contribution is 5.83. The van der Waals surface area contributed by atoms with Crippen LogP contribution >= 0.6 is 0 Å². The van der Waals surface area contributed by atoms with Crippen LogP contribution in [0, 0.1) is 5.92 Å². The zero-order valence-corrected chi connectivity index (χ0v) is 17.4. The first kappa shape index (κ1) is 21.3. The summed E-state index contributed by atoms with van der Waals surface area (Å²) in [7, 11) is 0. The molecular formula is C26H33NO2. The van der Waals surface area contributed by atoms with Gasteiger partial charge in [-0.2, -0.15) is 0 Å². The molecule has 0 spiro atoms. The summed E-state index contributed by atoms with van der Waals surface area (Å²) in [4.78, 5) is 12.6. The van der Waals surface area contributed by atoms with Crippen molar-refractivity contribution >= 4 is 12.0 Å². The van der Waals surface area contributed by atoms with Crippen molar-refractivity contribution < 1.29 is 9.90 Å². The first-order chi connectivity index (χ1) is 14.1. The number of aliphatic carboxylic acids is 1. The number of rotatable bonds is 11. The Morgan fingerprint density at radius 3 is 2.45 bits per heavy atom. The largest absolute Gasteiger partial charge is 0.480 e. The lowest BCUT2D eigenvalue weighted by Gasteiger charge is -2.39. The quantitative estimate of drug-likeness (QED) is 0.476. The van der Waals surface area contributed by atoms with Gasteiger partial charge in [-0.05, 0) is 35.4 Å². The van der Waals surface area contributed by atoms with Gasteiger partial charge in [0.1, 0.15) is 5.54 Å². The van der Waals surface area contributed by atoms with Crippen LogP contribution in [0.2, 0.25) is 0 Å². The summed E-state index contributed by atoms with van der Waals surface area (Å²) in [5, 5.41) is 10.3. The fourth-order valence-corrected chi connectivity index (χ4v) is 4.63. The predicted molar refractivity (Wildman–Crippen MR) is 120 cm³/mol. The van der Waals surface area contributed by atoms with Crippen molar-refractivity contribution in [2.24, 2.45) is 11.7 Å². The van der Waals surface area contributed by atoms with Crippen LogP contribution in [0.4, 0.5) is 0 Å². The van der Waals surface area contributed by atoms with E-state index in [2.05, 4.69) is 19.1 Å². The maximum Gasteiger partial charge on any atom is 0.324 e. The fourth-order valence-electron chi connectivity index (χ4n) is 4.63. The third kappa shape index (κ3) is 4.79. The number of carboxylic acids is 1. The van der Waals surface area contributed by atoms with Crippen molar-refractivity contribution in [3.8, 4) is 0 Å². The first-order valence-corrected chi connectivity index (χ1v) is 10.9. The summed E-state index contributed by atoms with van der Waals surface area (Å²) in [5.74, 6) is -1.34. The molecule has 2 aromatic rings. The van der Waals surface area contributed by atoms with Crippen LogP contribution in [0.25, 0.3) is 6.08 Å². The summed E-state index contributed by atoms with van der Waals surface area (Å²) in [6.07, 6.45) is 11.3. The molecule has 0 amide bonds. The number of nitrogens with two attached hydrogens (primary N) is 1. The van der Waals surface area contributed by atoms with Crippen LogP contribution < -0.4 is 5.73 Å². The van der Waals surface area contributed by atoms with Crippen LogP contribution in [-0.4, -0.2) is 16.6 Å². The topological polar surface area (TPSA) is 63.3 Å². The Hall–Kier alpha value is -2.39. The minimum Gasteiger partial charge on any atom is -0.480 e. The van der Waals surface area contributed by atoms with Gasteiger partial charge in [-0.1, -0.05) is 106 Å². The van der Waals surface area contributed by atoms with E-state index < -0.39 is 11.5 Å². The number of carboxylic acid groups (broad SMARTS) is 1. The monoisotopic (exact) mass is 391 g/mol. The zero-order valence-electron chi connectivity index (χ0n) is 17.4. The van der Waals surface area contributed by atoms with E-state index in [0.29, 0.717) is 6.42 Å². The minimum atomic E-state index is -1.33. The van der Waals surface area contributed by atoms with E-state index >= 15 is 0 Å². The molecule has 29 heavy (non-hydrogen) atoms. The third-order valence-corrected chi connectivity index (χ3v) is 6.34. The molecule has 0 radical (unpaired) electrons. The Balaban J connectivity index is 1.89. The molecule has 1 aliphatic rings. The molecule has 2 aromatic carbocycles. The highest BCUT2D eigenvalue weighted by atomic mass is 16.4. The predicted octanol–water partition coefficient (Wildman–Crippen LogP) is 5.80. The van der Waals surface area contributed by atoms with Gasteiger partial charge in [-0.15, -0.1) is 0 Å². The molecule has 0 heterocycles. The summed E-state index contributed by atoms with van der Waals surface area (Å²) in [5.41, 5.74) is 8.77. The highest BCUT2D eigenvalue weighted by Gasteiger charge is 2.49. The molecule has 0 saturated heterocycles. The second-order valence-corrected chi connectivity index (χ2v) is 8.29.